The minimum atomic E-state index is -0.778. The molecule has 4 bridgehead atoms. The molecule has 1 aromatic carbocycles. The van der Waals surface area contributed by atoms with Gasteiger partial charge in [-0.15, -0.1) is 0 Å². The first-order valence-corrected chi connectivity index (χ1v) is 14.6. The van der Waals surface area contributed by atoms with Crippen molar-refractivity contribution in [3.63, 3.8) is 0 Å². The molecule has 40 heavy (non-hydrogen) atoms. The summed E-state index contributed by atoms with van der Waals surface area (Å²) in [6.45, 7) is 15.6. The average Bonchev–Trinajstić information content (AvgIpc) is 3.62. The van der Waals surface area contributed by atoms with Crippen LogP contribution in [0.5, 0.6) is 0 Å². The van der Waals surface area contributed by atoms with E-state index in [1.165, 1.54) is 32.6 Å². The smallest absolute Gasteiger partial charge is 0.338 e. The summed E-state index contributed by atoms with van der Waals surface area (Å²) in [5.74, 6) is 3.77. The monoisotopic (exact) mass is 548 g/mol. The molecule has 7 unspecified atom stereocenters. The van der Waals surface area contributed by atoms with Gasteiger partial charge in [0, 0.05) is 24.3 Å². The van der Waals surface area contributed by atoms with Gasteiger partial charge in [-0.25, -0.2) is 9.59 Å². The first-order valence-electron chi connectivity index (χ1n) is 14.6. The number of carbonyl (C=O) groups is 4. The van der Waals surface area contributed by atoms with E-state index in [0.717, 1.165) is 29.7 Å². The van der Waals surface area contributed by atoms with Gasteiger partial charge in [0.15, 0.2) is 0 Å². The maximum Gasteiger partial charge on any atom is 0.338 e. The zero-order valence-electron chi connectivity index (χ0n) is 24.7. The van der Waals surface area contributed by atoms with E-state index in [1.54, 1.807) is 58.0 Å². The molecule has 4 saturated carbocycles. The Morgan fingerprint density at radius 2 is 1.57 bits per heavy atom. The van der Waals surface area contributed by atoms with Gasteiger partial charge >= 0.3 is 11.9 Å². The molecule has 0 heterocycles. The lowest BCUT2D eigenvalue weighted by Gasteiger charge is -2.45. The average molecular weight is 549 g/mol. The van der Waals surface area contributed by atoms with Crippen LogP contribution < -0.4 is 0 Å². The second kappa shape index (κ2) is 11.5. The standard InChI is InChI=1S/C19H26O3.C15H18O3/c1-10(2)18(21)22-19(8-11(3)20)9-14-7-15(19)17-13-5-4-12(6-13)16(14)17;1-5-12-6-8-13(9-7-12)14(17)18-15(3,4)10-11(2)16/h12-17H,1,4-9H2,2-3H3;5-9H,1,10H2,2-4H3. The van der Waals surface area contributed by atoms with Crippen LogP contribution in [-0.4, -0.2) is 34.7 Å². The van der Waals surface area contributed by atoms with Gasteiger partial charge in [-0.05, 0) is 114 Å². The van der Waals surface area contributed by atoms with Crippen molar-refractivity contribution in [2.45, 2.75) is 90.8 Å². The Kier molecular flexibility index (Phi) is 8.58. The predicted molar refractivity (Wildman–Crippen MR) is 154 cm³/mol. The highest BCUT2D eigenvalue weighted by Crippen LogP contribution is 2.70. The van der Waals surface area contributed by atoms with Crippen LogP contribution in [0.1, 0.15) is 95.5 Å². The highest BCUT2D eigenvalue weighted by molar-refractivity contribution is 5.90. The van der Waals surface area contributed by atoms with Crippen molar-refractivity contribution < 1.29 is 28.7 Å². The van der Waals surface area contributed by atoms with Crippen molar-refractivity contribution in [3.05, 3.63) is 54.1 Å². The molecule has 0 aliphatic heterocycles. The molecule has 0 radical (unpaired) electrons. The molecule has 4 fully saturated rings. The van der Waals surface area contributed by atoms with Gasteiger partial charge in [0.1, 0.15) is 22.8 Å². The molecule has 0 amide bonds. The number of hydrogen-bond acceptors (Lipinski definition) is 6. The summed E-state index contributed by atoms with van der Waals surface area (Å²) >= 11 is 0. The third kappa shape index (κ3) is 6.16. The summed E-state index contributed by atoms with van der Waals surface area (Å²) in [6, 6.07) is 6.95. The number of carbonyl (C=O) groups excluding carboxylic acids is 4. The summed E-state index contributed by atoms with van der Waals surface area (Å²) in [7, 11) is 0. The Morgan fingerprint density at radius 1 is 0.950 bits per heavy atom. The van der Waals surface area contributed by atoms with Crippen LogP contribution in [0.25, 0.3) is 6.08 Å². The lowest BCUT2D eigenvalue weighted by atomic mass is 9.64. The minimum Gasteiger partial charge on any atom is -0.456 e. The molecule has 1 aromatic rings. The van der Waals surface area contributed by atoms with Crippen LogP contribution in [0.4, 0.5) is 0 Å². The van der Waals surface area contributed by atoms with Crippen molar-refractivity contribution >= 4 is 29.6 Å². The molecular weight excluding hydrogens is 504 g/mol. The van der Waals surface area contributed by atoms with Crippen molar-refractivity contribution in [2.75, 3.05) is 0 Å². The second-order valence-corrected chi connectivity index (χ2v) is 13.3. The van der Waals surface area contributed by atoms with E-state index >= 15 is 0 Å². The molecule has 5 rings (SSSR count). The van der Waals surface area contributed by atoms with E-state index in [2.05, 4.69) is 13.2 Å². The molecule has 0 spiro atoms. The van der Waals surface area contributed by atoms with E-state index in [1.807, 2.05) is 0 Å². The first-order chi connectivity index (χ1) is 18.7. The molecule has 6 heteroatoms. The maximum absolute atomic E-state index is 12.2. The van der Waals surface area contributed by atoms with Crippen LogP contribution in [0, 0.1) is 35.5 Å². The van der Waals surface area contributed by atoms with E-state index in [-0.39, 0.29) is 24.0 Å². The van der Waals surface area contributed by atoms with Crippen molar-refractivity contribution in [2.24, 2.45) is 35.5 Å². The second-order valence-electron chi connectivity index (χ2n) is 13.3. The van der Waals surface area contributed by atoms with Gasteiger partial charge in [-0.3, -0.25) is 9.59 Å². The third-order valence-electron chi connectivity index (χ3n) is 9.51. The molecular formula is C34H44O6. The maximum atomic E-state index is 12.2. The van der Waals surface area contributed by atoms with Crippen LogP contribution in [-0.2, 0) is 23.9 Å². The first kappa shape index (κ1) is 30.0. The number of Topliss-reactive ketones (excluding diaryl/α,β-unsaturated/α-hetero) is 2. The van der Waals surface area contributed by atoms with Crippen LogP contribution >= 0.6 is 0 Å². The van der Waals surface area contributed by atoms with Crippen molar-refractivity contribution in [1.29, 1.82) is 0 Å². The van der Waals surface area contributed by atoms with E-state index in [9.17, 15) is 19.2 Å². The normalized spacial score (nSPS) is 31.0. The number of esters is 2. The Balaban J connectivity index is 0.000000190. The quantitative estimate of drug-likeness (QED) is 0.192. The predicted octanol–water partition coefficient (Wildman–Crippen LogP) is 6.77. The molecule has 6 nitrogen and oxygen atoms in total. The van der Waals surface area contributed by atoms with Gasteiger partial charge < -0.3 is 9.47 Å². The molecule has 7 atom stereocenters. The number of rotatable bonds is 9. The lowest BCUT2D eigenvalue weighted by molar-refractivity contribution is -0.169. The number of hydrogen-bond donors (Lipinski definition) is 0. The molecule has 0 saturated heterocycles. The van der Waals surface area contributed by atoms with Crippen molar-refractivity contribution in [3.8, 4) is 0 Å². The number of ether oxygens (including phenoxy) is 2. The number of benzene rings is 1. The summed E-state index contributed by atoms with van der Waals surface area (Å²) in [6.07, 6.45) is 8.51. The van der Waals surface area contributed by atoms with Crippen LogP contribution in [0.15, 0.2) is 43.0 Å². The topological polar surface area (TPSA) is 86.7 Å². The van der Waals surface area contributed by atoms with Gasteiger partial charge in [0.05, 0.1) is 5.56 Å². The molecule has 216 valence electrons. The molecule has 4 aliphatic rings. The lowest BCUT2D eigenvalue weighted by Crippen LogP contribution is -2.49. The summed E-state index contributed by atoms with van der Waals surface area (Å²) in [4.78, 5) is 47.0. The van der Waals surface area contributed by atoms with Gasteiger partial charge in [0.25, 0.3) is 0 Å². The molecule has 0 aromatic heterocycles. The van der Waals surface area contributed by atoms with Gasteiger partial charge in [0.2, 0.25) is 0 Å². The number of ketones is 2. The summed E-state index contributed by atoms with van der Waals surface area (Å²) in [5.41, 5.74) is 0.542. The Morgan fingerprint density at radius 3 is 2.12 bits per heavy atom. The van der Waals surface area contributed by atoms with E-state index in [0.29, 0.717) is 35.3 Å². The highest BCUT2D eigenvalue weighted by Gasteiger charge is 2.68. The Bertz CT molecular complexity index is 1190. The zero-order chi connectivity index (χ0) is 29.4. The summed E-state index contributed by atoms with van der Waals surface area (Å²) in [5, 5.41) is 0. The fourth-order valence-electron chi connectivity index (χ4n) is 8.45. The van der Waals surface area contributed by atoms with Gasteiger partial charge in [-0.1, -0.05) is 31.4 Å². The fraction of sp³-hybridized carbons (Fsp3) is 0.588. The minimum absolute atomic E-state index is 0.00481. The van der Waals surface area contributed by atoms with Crippen LogP contribution in [0.2, 0.25) is 0 Å². The fourth-order valence-corrected chi connectivity index (χ4v) is 8.45. The Hall–Kier alpha value is -3.02. The van der Waals surface area contributed by atoms with E-state index in [4.69, 9.17) is 9.47 Å². The largest absolute Gasteiger partial charge is 0.456 e. The highest BCUT2D eigenvalue weighted by atomic mass is 16.6. The number of fused-ring (bicyclic) bond motifs is 9. The molecule has 4 aliphatic carbocycles. The SMILES string of the molecule is C=C(C)C(=O)OC1(CC(C)=O)CC2CC1C1C3CCC(C3)C21.C=Cc1ccc(C(=O)OC(C)(C)CC(C)=O)cc1. The zero-order valence-corrected chi connectivity index (χ0v) is 24.7. The third-order valence-corrected chi connectivity index (χ3v) is 9.51. The van der Waals surface area contributed by atoms with Gasteiger partial charge in [-0.2, -0.15) is 0 Å². The van der Waals surface area contributed by atoms with Crippen molar-refractivity contribution in [1.82, 2.24) is 0 Å². The van der Waals surface area contributed by atoms with E-state index < -0.39 is 17.2 Å². The molecule has 0 N–H and O–H groups in total. The van der Waals surface area contributed by atoms with Crippen LogP contribution in [0.3, 0.4) is 0 Å². The Labute approximate surface area is 238 Å². The summed E-state index contributed by atoms with van der Waals surface area (Å²) < 4.78 is 11.3.